The number of aliphatic carboxylic acids is 2. The molecule has 0 radical (unpaired) electrons. The van der Waals surface area contributed by atoms with Gasteiger partial charge in [0.1, 0.15) is 6.04 Å². The third-order valence-electron chi connectivity index (χ3n) is 3.31. The van der Waals surface area contributed by atoms with E-state index in [4.69, 9.17) is 15.9 Å². The molecule has 4 N–H and O–H groups in total. The van der Waals surface area contributed by atoms with E-state index in [1.165, 1.54) is 0 Å². The van der Waals surface area contributed by atoms with Gasteiger partial charge >= 0.3 is 11.9 Å². The number of aryl methyl sites for hydroxylation is 1. The van der Waals surface area contributed by atoms with Crippen LogP contribution in [0.2, 0.25) is 0 Å². The Labute approximate surface area is 122 Å². The monoisotopic (exact) mass is 296 g/mol. The van der Waals surface area contributed by atoms with Gasteiger partial charge in [0.2, 0.25) is 0 Å². The van der Waals surface area contributed by atoms with Gasteiger partial charge in [-0.15, -0.1) is 0 Å². The fourth-order valence-corrected chi connectivity index (χ4v) is 2.08. The van der Waals surface area contributed by atoms with Gasteiger partial charge in [0.25, 0.3) is 0 Å². The van der Waals surface area contributed by atoms with Gasteiger partial charge in [-0.3, -0.25) is 14.0 Å². The second-order valence-corrected chi connectivity index (χ2v) is 5.03. The van der Waals surface area contributed by atoms with E-state index < -0.39 is 23.9 Å². The lowest BCUT2D eigenvalue weighted by Gasteiger charge is -2.15. The molecule has 0 aliphatic heterocycles. The topological polar surface area (TPSA) is 101 Å². The molecule has 1 aromatic carbocycles. The van der Waals surface area contributed by atoms with Crippen LogP contribution in [0.1, 0.15) is 24.0 Å². The predicted molar refractivity (Wildman–Crippen MR) is 75.8 cm³/mol. The Hall–Kier alpha value is -1.95. The van der Waals surface area contributed by atoms with Crippen LogP contribution in [0.25, 0.3) is 0 Å². The van der Waals surface area contributed by atoms with Crippen molar-refractivity contribution in [2.75, 3.05) is 6.67 Å². The molecule has 0 saturated heterocycles. The van der Waals surface area contributed by atoms with Crippen LogP contribution in [0.15, 0.2) is 24.3 Å². The smallest absolute Gasteiger partial charge is 0.320 e. The molecule has 116 valence electrons. The molecule has 1 rings (SSSR count). The van der Waals surface area contributed by atoms with Crippen LogP contribution in [-0.2, 0) is 22.4 Å². The fourth-order valence-electron chi connectivity index (χ4n) is 2.08. The molecule has 1 aromatic rings. The van der Waals surface area contributed by atoms with E-state index in [9.17, 15) is 14.0 Å². The molecule has 6 heteroatoms. The van der Waals surface area contributed by atoms with Gasteiger partial charge < -0.3 is 15.9 Å². The molecule has 5 nitrogen and oxygen atoms in total. The first-order valence-electron chi connectivity index (χ1n) is 6.79. The molecule has 0 fully saturated rings. The Balaban J connectivity index is 2.66. The number of carboxylic acid groups (broad SMARTS) is 2. The first-order valence-corrected chi connectivity index (χ1v) is 6.79. The minimum Gasteiger partial charge on any atom is -0.481 e. The Morgan fingerprint density at radius 2 is 1.67 bits per heavy atom. The largest absolute Gasteiger partial charge is 0.481 e. The number of rotatable bonds is 9. The molecule has 0 heterocycles. The van der Waals surface area contributed by atoms with E-state index in [1.54, 1.807) is 12.1 Å². The third-order valence-corrected chi connectivity index (χ3v) is 3.31. The van der Waals surface area contributed by atoms with Gasteiger partial charge in [-0.1, -0.05) is 24.3 Å². The average molecular weight is 296 g/mol. The Morgan fingerprint density at radius 3 is 2.14 bits per heavy atom. The number of nitrogens with two attached hydrogens (primary N) is 1. The van der Waals surface area contributed by atoms with Crippen LogP contribution in [0.3, 0.4) is 0 Å². The number of carbonyl (C=O) groups is 2. The van der Waals surface area contributed by atoms with Crippen molar-refractivity contribution in [3.63, 3.8) is 0 Å². The first-order chi connectivity index (χ1) is 9.93. The van der Waals surface area contributed by atoms with Gasteiger partial charge in [0.15, 0.2) is 0 Å². The van der Waals surface area contributed by atoms with Gasteiger partial charge in [-0.2, -0.15) is 0 Å². The zero-order valence-electron chi connectivity index (χ0n) is 11.7. The molecular weight excluding hydrogens is 276 g/mol. The van der Waals surface area contributed by atoms with Crippen LogP contribution < -0.4 is 5.73 Å². The number of hydrogen-bond donors (Lipinski definition) is 3. The molecule has 0 bridgehead atoms. The highest BCUT2D eigenvalue weighted by molar-refractivity contribution is 5.76. The quantitative estimate of drug-likeness (QED) is 0.643. The molecule has 2 atom stereocenters. The molecule has 0 saturated carbocycles. The van der Waals surface area contributed by atoms with Crippen molar-refractivity contribution in [1.29, 1.82) is 0 Å². The maximum Gasteiger partial charge on any atom is 0.320 e. The summed E-state index contributed by atoms with van der Waals surface area (Å²) >= 11 is 0. The van der Waals surface area contributed by atoms with E-state index >= 15 is 0 Å². The van der Waals surface area contributed by atoms with Crippen LogP contribution in [0, 0.1) is 5.92 Å². The van der Waals surface area contributed by atoms with E-state index in [0.29, 0.717) is 12.8 Å². The second kappa shape index (κ2) is 8.36. The summed E-state index contributed by atoms with van der Waals surface area (Å²) in [7, 11) is 0. The zero-order chi connectivity index (χ0) is 15.8. The number of benzene rings is 1. The van der Waals surface area contributed by atoms with Crippen molar-refractivity contribution < 1.29 is 24.2 Å². The molecule has 0 spiro atoms. The zero-order valence-corrected chi connectivity index (χ0v) is 11.7. The predicted octanol–water partition coefficient (Wildman–Crippen LogP) is 1.63. The number of alkyl halides is 1. The summed E-state index contributed by atoms with van der Waals surface area (Å²) in [5, 5.41) is 17.9. The van der Waals surface area contributed by atoms with E-state index in [1.807, 2.05) is 12.1 Å². The lowest BCUT2D eigenvalue weighted by molar-refractivity contribution is -0.143. The van der Waals surface area contributed by atoms with Crippen molar-refractivity contribution in [3.05, 3.63) is 35.4 Å². The Kier molecular flexibility index (Phi) is 6.81. The van der Waals surface area contributed by atoms with Gasteiger partial charge in [-0.25, -0.2) is 0 Å². The van der Waals surface area contributed by atoms with Gasteiger partial charge in [0.05, 0.1) is 12.6 Å². The Bertz CT molecular complexity index is 475. The highest BCUT2D eigenvalue weighted by Crippen LogP contribution is 2.16. The SMILES string of the molecule is NC(CC(Cc1ccc(CCC[18F])cc1)C(=O)O)C(=O)O. The van der Waals surface area contributed by atoms with Crippen molar-refractivity contribution in [2.45, 2.75) is 31.7 Å². The van der Waals surface area contributed by atoms with E-state index in [-0.39, 0.29) is 19.5 Å². The van der Waals surface area contributed by atoms with Crippen molar-refractivity contribution >= 4 is 11.9 Å². The molecule has 0 amide bonds. The highest BCUT2D eigenvalue weighted by atomic mass is 18.2. The maximum atomic E-state index is 12.1. The molecule has 2 unspecified atom stereocenters. The molecule has 0 aromatic heterocycles. The normalized spacial score (nSPS) is 13.6. The van der Waals surface area contributed by atoms with Crippen LogP contribution >= 0.6 is 0 Å². The Morgan fingerprint density at radius 1 is 1.10 bits per heavy atom. The maximum absolute atomic E-state index is 12.1. The first kappa shape index (κ1) is 17.1. The summed E-state index contributed by atoms with van der Waals surface area (Å²) in [5.41, 5.74) is 7.18. The minimum atomic E-state index is -1.21. The summed E-state index contributed by atoms with van der Waals surface area (Å²) in [6, 6.07) is 6.06. The van der Waals surface area contributed by atoms with Gasteiger partial charge in [0, 0.05) is 0 Å². The third kappa shape index (κ3) is 5.91. The number of hydrogen-bond acceptors (Lipinski definition) is 3. The summed E-state index contributed by atoms with van der Waals surface area (Å²) in [6.07, 6.45) is 1.21. The van der Waals surface area contributed by atoms with E-state index in [0.717, 1.165) is 11.1 Å². The van der Waals surface area contributed by atoms with Crippen molar-refractivity contribution in [1.82, 2.24) is 0 Å². The number of carboxylic acids is 2. The van der Waals surface area contributed by atoms with Crippen molar-refractivity contribution in [2.24, 2.45) is 11.7 Å². The fraction of sp³-hybridized carbons (Fsp3) is 0.467. The molecule has 21 heavy (non-hydrogen) atoms. The lowest BCUT2D eigenvalue weighted by Crippen LogP contribution is -2.35. The summed E-state index contributed by atoms with van der Waals surface area (Å²) in [5.74, 6) is -3.11. The van der Waals surface area contributed by atoms with Gasteiger partial charge in [-0.05, 0) is 36.8 Å². The molecule has 0 aliphatic rings. The standard InChI is InChI=1S/C15H20FNO4/c16-7-1-2-10-3-5-11(6-4-10)8-12(14(18)19)9-13(17)15(20)21/h3-6,12-13H,1-2,7-9,17H2,(H,18,19)(H,20,21)/i16-1. The molecule has 0 aliphatic carbocycles. The summed E-state index contributed by atoms with van der Waals surface area (Å²) in [6.45, 7) is -0.365. The second-order valence-electron chi connectivity index (χ2n) is 5.03. The summed E-state index contributed by atoms with van der Waals surface area (Å²) in [4.78, 5) is 21.9. The van der Waals surface area contributed by atoms with Crippen LogP contribution in [0.4, 0.5) is 4.39 Å². The van der Waals surface area contributed by atoms with Crippen LogP contribution in [0.5, 0.6) is 0 Å². The van der Waals surface area contributed by atoms with E-state index in [2.05, 4.69) is 0 Å². The summed E-state index contributed by atoms with van der Waals surface area (Å²) < 4.78 is 12.1. The average Bonchev–Trinajstić information content (AvgIpc) is 2.45. The molecular formula is C15H20FNO4. The highest BCUT2D eigenvalue weighted by Gasteiger charge is 2.24. The van der Waals surface area contributed by atoms with Crippen LogP contribution in [-0.4, -0.2) is 34.9 Å². The number of halogens is 1. The lowest BCUT2D eigenvalue weighted by atomic mass is 9.92. The minimum absolute atomic E-state index is 0.117. The van der Waals surface area contributed by atoms with Crippen molar-refractivity contribution in [3.8, 4) is 0 Å².